The van der Waals surface area contributed by atoms with E-state index >= 15 is 0 Å². The summed E-state index contributed by atoms with van der Waals surface area (Å²) in [4.78, 5) is 2.42. The fraction of sp³-hybridized carbons (Fsp3) is 0.0625. The molecule has 1 aliphatic heterocycles. The number of hydrogen-bond acceptors (Lipinski definition) is 1. The normalized spacial score (nSPS) is 13.0. The van der Waals surface area contributed by atoms with Crippen LogP contribution in [-0.4, -0.2) is 0 Å². The summed E-state index contributed by atoms with van der Waals surface area (Å²) in [5.74, 6) is 0. The number of para-hydroxylation sites is 3. The molecule has 0 N–H and O–H groups in total. The maximum atomic E-state index is 3.87. The highest BCUT2D eigenvalue weighted by Gasteiger charge is 2.51. The van der Waals surface area contributed by atoms with Crippen molar-refractivity contribution < 1.29 is 0 Å². The fourth-order valence-electron chi connectivity index (χ4n) is 10.4. The smallest absolute Gasteiger partial charge is 0.0754 e. The molecule has 0 unspecified atom stereocenters. The summed E-state index contributed by atoms with van der Waals surface area (Å²) in [6.45, 7) is 10.1. The van der Waals surface area contributed by atoms with Gasteiger partial charge in [0, 0.05) is 5.69 Å². The molecule has 12 rings (SSSR count). The highest BCUT2D eigenvalue weighted by molar-refractivity contribution is 6.25. The lowest BCUT2D eigenvalue weighted by molar-refractivity contribution is 0.752. The van der Waals surface area contributed by atoms with Crippen molar-refractivity contribution in [3.63, 3.8) is 0 Å². The first-order chi connectivity index (χ1) is 32.2. The van der Waals surface area contributed by atoms with Crippen LogP contribution < -0.4 is 4.90 Å². The Balaban J connectivity index is 0.000000148. The van der Waals surface area contributed by atoms with Crippen LogP contribution in [0.15, 0.2) is 243 Å². The molecular weight excluding hydrogens is 783 g/mol. The summed E-state index contributed by atoms with van der Waals surface area (Å²) in [5, 5.41) is 7.80. The highest BCUT2D eigenvalue weighted by atomic mass is 15.2. The molecule has 0 radical (unpaired) electrons. The van der Waals surface area contributed by atoms with Gasteiger partial charge in [-0.3, -0.25) is 0 Å². The molecule has 1 heterocycles. The first-order valence-electron chi connectivity index (χ1n) is 22.8. The van der Waals surface area contributed by atoms with Gasteiger partial charge in [0.05, 0.1) is 16.8 Å². The van der Waals surface area contributed by atoms with Crippen LogP contribution in [0, 0.1) is 6.92 Å². The minimum atomic E-state index is -0.337. The Morgan fingerprint density at radius 2 is 0.954 bits per heavy atom. The Morgan fingerprint density at radius 3 is 1.57 bits per heavy atom. The van der Waals surface area contributed by atoms with Gasteiger partial charge in [-0.2, -0.15) is 0 Å². The van der Waals surface area contributed by atoms with E-state index in [1.807, 2.05) is 26.0 Å². The number of allylic oxidation sites excluding steroid dienone is 4. The van der Waals surface area contributed by atoms with Gasteiger partial charge in [-0.15, -0.1) is 0 Å². The summed E-state index contributed by atoms with van der Waals surface area (Å²) in [5.41, 5.74) is 16.4. The van der Waals surface area contributed by atoms with Crippen molar-refractivity contribution in [3.05, 3.63) is 282 Å². The molecule has 0 saturated carbocycles. The molecule has 1 spiro atoms. The third kappa shape index (κ3) is 6.89. The van der Waals surface area contributed by atoms with Crippen LogP contribution in [0.3, 0.4) is 0 Å². The summed E-state index contributed by atoms with van der Waals surface area (Å²) < 4.78 is 0. The number of anilines is 3. The predicted molar refractivity (Wildman–Crippen MR) is 281 cm³/mol. The van der Waals surface area contributed by atoms with Gasteiger partial charge in [0.15, 0.2) is 0 Å². The third-order valence-electron chi connectivity index (χ3n) is 13.0. The minimum absolute atomic E-state index is 0.337. The second kappa shape index (κ2) is 17.6. The molecule has 0 aromatic heterocycles. The quantitative estimate of drug-likeness (QED) is 0.123. The van der Waals surface area contributed by atoms with Crippen LogP contribution in [0.4, 0.5) is 17.1 Å². The number of nitrogens with zero attached hydrogens (tertiary/aromatic N) is 1. The molecule has 0 fully saturated rings. The zero-order valence-corrected chi connectivity index (χ0v) is 37.2. The van der Waals surface area contributed by atoms with Gasteiger partial charge in [-0.1, -0.05) is 233 Å². The lowest BCUT2D eigenvalue weighted by Gasteiger charge is -2.45. The first-order valence-corrected chi connectivity index (χ1v) is 22.8. The van der Waals surface area contributed by atoms with Crippen LogP contribution >= 0.6 is 0 Å². The predicted octanol–water partition coefficient (Wildman–Crippen LogP) is 17.6. The average molecular weight is 834 g/mol. The van der Waals surface area contributed by atoms with Crippen molar-refractivity contribution >= 4 is 61.0 Å². The molecule has 0 amide bonds. The highest BCUT2D eigenvalue weighted by Crippen LogP contribution is 2.63. The molecule has 10 aromatic carbocycles. The first kappa shape index (κ1) is 41.0. The van der Waals surface area contributed by atoms with Crippen LogP contribution in [0.25, 0.3) is 55.1 Å². The topological polar surface area (TPSA) is 3.24 Å². The Morgan fingerprint density at radius 1 is 0.462 bits per heavy atom. The number of hydrogen-bond donors (Lipinski definition) is 0. The van der Waals surface area contributed by atoms with E-state index in [1.165, 1.54) is 99.5 Å². The molecule has 0 atom stereocenters. The summed E-state index contributed by atoms with van der Waals surface area (Å²) in [6, 6.07) is 79.0. The maximum Gasteiger partial charge on any atom is 0.0754 e. The van der Waals surface area contributed by atoms with E-state index in [4.69, 9.17) is 0 Å². The van der Waals surface area contributed by atoms with Gasteiger partial charge in [0.2, 0.25) is 0 Å². The number of benzene rings is 10. The SMILES string of the molecule is C=C/C=C(\C=C/c1ccc2c3ccccc3c3ccccc3c2c1)c1ccccc1.CC.Cc1cccc2c1-c1ccccc1C21c2ccccc2N(c2ccccc2)c2ccccc21. The fourth-order valence-corrected chi connectivity index (χ4v) is 10.4. The summed E-state index contributed by atoms with van der Waals surface area (Å²) in [6.07, 6.45) is 8.25. The van der Waals surface area contributed by atoms with E-state index in [9.17, 15) is 0 Å². The monoisotopic (exact) mass is 833 g/mol. The van der Waals surface area contributed by atoms with Crippen molar-refractivity contribution in [1.82, 2.24) is 0 Å². The lowest BCUT2D eigenvalue weighted by Crippen LogP contribution is -2.36. The largest absolute Gasteiger partial charge is 0.310 e. The van der Waals surface area contributed by atoms with E-state index in [2.05, 4.69) is 249 Å². The lowest BCUT2D eigenvalue weighted by atomic mass is 9.64. The molecule has 312 valence electrons. The number of fused-ring (bicyclic) bond motifs is 15. The summed E-state index contributed by atoms with van der Waals surface area (Å²) in [7, 11) is 0. The van der Waals surface area contributed by atoms with Gasteiger partial charge in [-0.25, -0.2) is 0 Å². The zero-order chi connectivity index (χ0) is 44.3. The van der Waals surface area contributed by atoms with E-state index < -0.39 is 0 Å². The number of rotatable bonds is 5. The van der Waals surface area contributed by atoms with Crippen LogP contribution in [0.2, 0.25) is 0 Å². The van der Waals surface area contributed by atoms with Crippen LogP contribution in [0.5, 0.6) is 0 Å². The Kier molecular flexibility index (Phi) is 11.1. The zero-order valence-electron chi connectivity index (χ0n) is 37.2. The average Bonchev–Trinajstić information content (AvgIpc) is 3.68. The van der Waals surface area contributed by atoms with Crippen molar-refractivity contribution in [1.29, 1.82) is 0 Å². The molecule has 1 heteroatoms. The molecule has 1 aliphatic carbocycles. The van der Waals surface area contributed by atoms with Crippen molar-refractivity contribution in [2.24, 2.45) is 0 Å². The standard InChI is InChI=1S/C32H23N.C30H22.C2H6/c1-22-12-11-19-28-31(22)24-15-5-6-16-25(24)32(28)26-17-7-9-20-29(26)33(23-13-3-2-4-14-23)30-21-10-8-18-27(30)32;1-2-10-23(24-11-4-3-5-12-24)19-17-22-18-20-29-27-15-7-6-13-25(27)26-14-8-9-16-28(26)30(29)21-22;1-2/h2-21H,1H3;2-21H,1H2;1-2H3/b;19-17-,23-10+;. The van der Waals surface area contributed by atoms with Crippen molar-refractivity contribution in [2.75, 3.05) is 4.90 Å². The van der Waals surface area contributed by atoms with Crippen LogP contribution in [0.1, 0.15) is 52.8 Å². The summed E-state index contributed by atoms with van der Waals surface area (Å²) >= 11 is 0. The molecule has 2 aliphatic rings. The molecule has 65 heavy (non-hydrogen) atoms. The Labute approximate surface area is 383 Å². The van der Waals surface area contributed by atoms with Gasteiger partial charge in [0.25, 0.3) is 0 Å². The van der Waals surface area contributed by atoms with Gasteiger partial charge in [0.1, 0.15) is 0 Å². The molecule has 0 bridgehead atoms. The van der Waals surface area contributed by atoms with Crippen molar-refractivity contribution in [2.45, 2.75) is 26.2 Å². The van der Waals surface area contributed by atoms with Crippen LogP contribution in [-0.2, 0) is 5.41 Å². The van der Waals surface area contributed by atoms with E-state index in [0.717, 1.165) is 5.57 Å². The second-order valence-corrected chi connectivity index (χ2v) is 16.5. The molecular formula is C64H51N. The third-order valence-corrected chi connectivity index (χ3v) is 13.0. The Hall–Kier alpha value is -8.00. The Bertz CT molecular complexity index is 3340. The van der Waals surface area contributed by atoms with Gasteiger partial charge < -0.3 is 4.90 Å². The van der Waals surface area contributed by atoms with Gasteiger partial charge >= 0.3 is 0 Å². The van der Waals surface area contributed by atoms with Crippen molar-refractivity contribution in [3.8, 4) is 11.1 Å². The minimum Gasteiger partial charge on any atom is -0.310 e. The molecule has 10 aromatic rings. The van der Waals surface area contributed by atoms with E-state index in [-0.39, 0.29) is 5.41 Å². The van der Waals surface area contributed by atoms with E-state index in [1.54, 1.807) is 0 Å². The molecule has 1 nitrogen and oxygen atoms in total. The number of aryl methyl sites for hydroxylation is 1. The maximum absolute atomic E-state index is 3.87. The van der Waals surface area contributed by atoms with Gasteiger partial charge in [-0.05, 0) is 125 Å². The van der Waals surface area contributed by atoms with E-state index in [0.29, 0.717) is 0 Å². The molecule has 0 saturated heterocycles. The second-order valence-electron chi connectivity index (χ2n) is 16.5.